The number of benzene rings is 2. The highest BCUT2D eigenvalue weighted by atomic mass is 79.9. The van der Waals surface area contributed by atoms with E-state index in [1.54, 1.807) is 12.1 Å². The Hall–Kier alpha value is -1.56. The van der Waals surface area contributed by atoms with Gasteiger partial charge in [-0.05, 0) is 30.3 Å². The van der Waals surface area contributed by atoms with Gasteiger partial charge in [-0.1, -0.05) is 39.1 Å². The van der Waals surface area contributed by atoms with Crippen molar-refractivity contribution in [2.75, 3.05) is 10.6 Å². The van der Waals surface area contributed by atoms with Crippen LogP contribution in [0.15, 0.2) is 34.8 Å². The molecule has 2 N–H and O–H groups in total. The fourth-order valence-corrected chi connectivity index (χ4v) is 2.89. The van der Waals surface area contributed by atoms with Crippen molar-refractivity contribution in [3.8, 4) is 0 Å². The van der Waals surface area contributed by atoms with E-state index in [2.05, 4.69) is 36.5 Å². The molecule has 0 atom stereocenters. The fraction of sp³-hybridized carbons (Fsp3) is 0. The molecule has 4 rings (SSSR count). The monoisotopic (exact) mass is 380 g/mol. The molecule has 0 saturated heterocycles. The second-order valence-electron chi connectivity index (χ2n) is 4.62. The van der Waals surface area contributed by atoms with Crippen molar-refractivity contribution in [2.24, 2.45) is 0 Å². The number of aromatic nitrogens is 2. The van der Waals surface area contributed by atoms with Crippen molar-refractivity contribution in [2.45, 2.75) is 0 Å². The SMILES string of the molecule is Clc1cc2nc3c(nc2cc1Cl)Nc1cc(Br)ccc1N3. The lowest BCUT2D eigenvalue weighted by atomic mass is 10.2. The molecule has 0 bridgehead atoms. The average Bonchev–Trinajstić information content (AvgIpc) is 2.45. The van der Waals surface area contributed by atoms with Gasteiger partial charge in [-0.3, -0.25) is 0 Å². The standard InChI is InChI=1S/C14H7BrCl2N4/c15-6-1-2-9-10(3-6)19-14-13(18-9)20-11-4-7(16)8(17)5-12(11)21-14/h1-5H,(H,18,20)(H,19,21). The topological polar surface area (TPSA) is 49.8 Å². The molecule has 0 aliphatic carbocycles. The van der Waals surface area contributed by atoms with Crippen LogP contribution in [0.25, 0.3) is 11.0 Å². The summed E-state index contributed by atoms with van der Waals surface area (Å²) in [7, 11) is 0. The van der Waals surface area contributed by atoms with Crippen LogP contribution < -0.4 is 10.6 Å². The first-order chi connectivity index (χ1) is 10.1. The molecular weight excluding hydrogens is 375 g/mol. The Morgan fingerprint density at radius 3 is 2.00 bits per heavy atom. The van der Waals surface area contributed by atoms with Crippen LogP contribution >= 0.6 is 39.1 Å². The van der Waals surface area contributed by atoms with Crippen LogP contribution in [0, 0.1) is 0 Å². The molecule has 1 aliphatic heterocycles. The first-order valence-electron chi connectivity index (χ1n) is 6.10. The fourth-order valence-electron chi connectivity index (χ4n) is 2.21. The van der Waals surface area contributed by atoms with Crippen LogP contribution in [0.1, 0.15) is 0 Å². The van der Waals surface area contributed by atoms with E-state index in [1.165, 1.54) is 0 Å². The number of fused-ring (bicyclic) bond motifs is 3. The lowest BCUT2D eigenvalue weighted by molar-refractivity contribution is 1.25. The van der Waals surface area contributed by atoms with Crippen LogP contribution in [0.3, 0.4) is 0 Å². The highest BCUT2D eigenvalue weighted by molar-refractivity contribution is 9.10. The number of hydrogen-bond donors (Lipinski definition) is 2. The van der Waals surface area contributed by atoms with Crippen molar-refractivity contribution in [3.63, 3.8) is 0 Å². The van der Waals surface area contributed by atoms with E-state index in [0.29, 0.717) is 32.7 Å². The van der Waals surface area contributed by atoms with E-state index in [4.69, 9.17) is 23.2 Å². The van der Waals surface area contributed by atoms with Crippen LogP contribution in [-0.4, -0.2) is 9.97 Å². The molecule has 3 aromatic rings. The van der Waals surface area contributed by atoms with Crippen LogP contribution in [0.5, 0.6) is 0 Å². The van der Waals surface area contributed by atoms with Gasteiger partial charge in [-0.25, -0.2) is 9.97 Å². The van der Waals surface area contributed by atoms with E-state index in [-0.39, 0.29) is 0 Å². The van der Waals surface area contributed by atoms with Gasteiger partial charge < -0.3 is 10.6 Å². The molecule has 21 heavy (non-hydrogen) atoms. The largest absolute Gasteiger partial charge is 0.335 e. The van der Waals surface area contributed by atoms with Crippen LogP contribution in [0.2, 0.25) is 10.0 Å². The summed E-state index contributed by atoms with van der Waals surface area (Å²) in [6.07, 6.45) is 0. The number of rotatable bonds is 0. The zero-order valence-electron chi connectivity index (χ0n) is 10.4. The van der Waals surface area contributed by atoms with Crippen molar-refractivity contribution in [1.29, 1.82) is 0 Å². The van der Waals surface area contributed by atoms with Gasteiger partial charge in [-0.15, -0.1) is 0 Å². The Balaban J connectivity index is 1.89. The summed E-state index contributed by atoms with van der Waals surface area (Å²) in [5.74, 6) is 1.32. The van der Waals surface area contributed by atoms with Gasteiger partial charge in [-0.2, -0.15) is 0 Å². The second kappa shape index (κ2) is 4.73. The Bertz CT molecular complexity index is 898. The Morgan fingerprint density at radius 2 is 1.38 bits per heavy atom. The minimum absolute atomic E-state index is 0.463. The molecule has 1 aliphatic rings. The Labute approximate surface area is 138 Å². The van der Waals surface area contributed by atoms with E-state index in [9.17, 15) is 0 Å². The molecule has 0 spiro atoms. The molecule has 0 saturated carbocycles. The first-order valence-corrected chi connectivity index (χ1v) is 7.65. The van der Waals surface area contributed by atoms with Gasteiger partial charge >= 0.3 is 0 Å². The second-order valence-corrected chi connectivity index (χ2v) is 6.35. The third kappa shape index (κ3) is 2.21. The molecule has 7 heteroatoms. The lowest BCUT2D eigenvalue weighted by Gasteiger charge is -2.21. The van der Waals surface area contributed by atoms with Gasteiger partial charge in [0.2, 0.25) is 0 Å². The molecule has 104 valence electrons. The summed E-state index contributed by atoms with van der Waals surface area (Å²) in [6.45, 7) is 0. The molecule has 1 aromatic heterocycles. The summed E-state index contributed by atoms with van der Waals surface area (Å²) in [5, 5.41) is 7.45. The molecule has 0 unspecified atom stereocenters. The summed E-state index contributed by atoms with van der Waals surface area (Å²) in [4.78, 5) is 9.10. The molecule has 2 aromatic carbocycles. The lowest BCUT2D eigenvalue weighted by Crippen LogP contribution is -2.10. The van der Waals surface area contributed by atoms with Gasteiger partial charge in [0.25, 0.3) is 0 Å². The summed E-state index contributed by atoms with van der Waals surface area (Å²) in [5.41, 5.74) is 3.26. The highest BCUT2D eigenvalue weighted by Crippen LogP contribution is 2.39. The van der Waals surface area contributed by atoms with E-state index >= 15 is 0 Å². The highest BCUT2D eigenvalue weighted by Gasteiger charge is 2.18. The maximum atomic E-state index is 6.03. The van der Waals surface area contributed by atoms with Crippen LogP contribution in [0.4, 0.5) is 23.0 Å². The average molecular weight is 382 g/mol. The van der Waals surface area contributed by atoms with E-state index < -0.39 is 0 Å². The van der Waals surface area contributed by atoms with E-state index in [1.807, 2.05) is 18.2 Å². The normalized spacial score (nSPS) is 12.3. The van der Waals surface area contributed by atoms with Crippen molar-refractivity contribution < 1.29 is 0 Å². The molecular formula is C14H7BrCl2N4. The van der Waals surface area contributed by atoms with Gasteiger partial charge in [0.05, 0.1) is 32.5 Å². The third-order valence-corrected chi connectivity index (χ3v) is 4.41. The minimum Gasteiger partial charge on any atom is -0.335 e. The molecule has 2 heterocycles. The maximum Gasteiger partial charge on any atom is 0.174 e. The summed E-state index contributed by atoms with van der Waals surface area (Å²) >= 11 is 15.5. The zero-order chi connectivity index (χ0) is 14.6. The first kappa shape index (κ1) is 13.1. The Morgan fingerprint density at radius 1 is 0.810 bits per heavy atom. The molecule has 4 nitrogen and oxygen atoms in total. The summed E-state index contributed by atoms with van der Waals surface area (Å²) < 4.78 is 0.988. The van der Waals surface area contributed by atoms with Crippen molar-refractivity contribution in [1.82, 2.24) is 9.97 Å². The smallest absolute Gasteiger partial charge is 0.174 e. The number of hydrogen-bond acceptors (Lipinski definition) is 4. The molecule has 0 fully saturated rings. The maximum absolute atomic E-state index is 6.03. The number of halogens is 3. The van der Waals surface area contributed by atoms with Gasteiger partial charge in [0.1, 0.15) is 0 Å². The Kier molecular flexibility index (Phi) is 2.96. The number of anilines is 4. The summed E-state index contributed by atoms with van der Waals surface area (Å²) in [6, 6.07) is 9.33. The van der Waals surface area contributed by atoms with Crippen molar-refractivity contribution in [3.05, 3.63) is 44.8 Å². The molecule has 0 amide bonds. The van der Waals surface area contributed by atoms with E-state index in [0.717, 1.165) is 15.8 Å². The van der Waals surface area contributed by atoms with Crippen molar-refractivity contribution >= 4 is 73.2 Å². The number of nitrogens with zero attached hydrogens (tertiary/aromatic N) is 2. The zero-order valence-corrected chi connectivity index (χ0v) is 13.5. The number of nitrogens with one attached hydrogen (secondary N) is 2. The third-order valence-electron chi connectivity index (χ3n) is 3.19. The molecule has 0 radical (unpaired) electrons. The van der Waals surface area contributed by atoms with Gasteiger partial charge in [0.15, 0.2) is 11.6 Å². The predicted octanol–water partition coefficient (Wildman–Crippen LogP) is 5.50. The van der Waals surface area contributed by atoms with Crippen LogP contribution in [-0.2, 0) is 0 Å². The minimum atomic E-state index is 0.463. The van der Waals surface area contributed by atoms with Gasteiger partial charge in [0, 0.05) is 4.47 Å². The quantitative estimate of drug-likeness (QED) is 0.422. The predicted molar refractivity (Wildman–Crippen MR) is 90.3 cm³/mol.